The maximum Gasteiger partial charge on any atom is 0.419 e. The summed E-state index contributed by atoms with van der Waals surface area (Å²) in [7, 11) is 0. The molecule has 6 heteroatoms. The quantitative estimate of drug-likeness (QED) is 0.652. The van der Waals surface area contributed by atoms with Crippen LogP contribution in [0.2, 0.25) is 0 Å². The number of hydrogen-bond acceptors (Lipinski definition) is 4. The summed E-state index contributed by atoms with van der Waals surface area (Å²) in [6, 6.07) is 14.3. The Bertz CT molecular complexity index is 816. The molecule has 0 saturated carbocycles. The van der Waals surface area contributed by atoms with E-state index in [1.807, 2.05) is 45.0 Å². The molecule has 0 heterocycles. The molecule has 0 fully saturated rings. The molecule has 1 N–H and O–H groups in total. The fourth-order valence-electron chi connectivity index (χ4n) is 2.46. The van der Waals surface area contributed by atoms with Crippen LogP contribution < -0.4 is 15.0 Å². The highest BCUT2D eigenvalue weighted by atomic mass is 16.6. The van der Waals surface area contributed by atoms with Gasteiger partial charge in [0.05, 0.1) is 0 Å². The van der Waals surface area contributed by atoms with Gasteiger partial charge in [-0.1, -0.05) is 50.3 Å². The van der Waals surface area contributed by atoms with Crippen molar-refractivity contribution < 1.29 is 19.1 Å². The highest BCUT2D eigenvalue weighted by Gasteiger charge is 2.19. The number of carbonyl (C=O) groups excluding carboxylic acids is 2. The van der Waals surface area contributed by atoms with E-state index in [2.05, 4.69) is 11.9 Å². The van der Waals surface area contributed by atoms with Crippen LogP contribution in [-0.2, 0) is 4.74 Å². The molecule has 28 heavy (non-hydrogen) atoms. The fourth-order valence-corrected chi connectivity index (χ4v) is 2.46. The second-order valence-electron chi connectivity index (χ2n) is 6.75. The van der Waals surface area contributed by atoms with Gasteiger partial charge in [0.25, 0.3) is 0 Å². The van der Waals surface area contributed by atoms with Gasteiger partial charge in [-0.2, -0.15) is 0 Å². The third-order valence-corrected chi connectivity index (χ3v) is 3.73. The molecule has 0 atom stereocenters. The molecule has 0 unspecified atom stereocenters. The van der Waals surface area contributed by atoms with E-state index in [0.717, 1.165) is 11.3 Å². The van der Waals surface area contributed by atoms with Crippen LogP contribution in [0.4, 0.5) is 21.0 Å². The first-order chi connectivity index (χ1) is 13.4. The number of nitrogens with zero attached hydrogens (tertiary/aromatic N) is 1. The van der Waals surface area contributed by atoms with E-state index in [4.69, 9.17) is 9.47 Å². The lowest BCUT2D eigenvalue weighted by molar-refractivity contribution is 0.174. The molecule has 0 saturated heterocycles. The Morgan fingerprint density at radius 1 is 1.18 bits per heavy atom. The van der Waals surface area contributed by atoms with E-state index >= 15 is 0 Å². The SMILES string of the molecule is C=CCOC(=O)Nc1cccc(OC(=O)N(CC(C)C)c2ccc(C)cc2)c1. The maximum atomic E-state index is 12.8. The van der Waals surface area contributed by atoms with Crippen LogP contribution in [0.25, 0.3) is 0 Å². The van der Waals surface area contributed by atoms with Crippen molar-refractivity contribution in [2.45, 2.75) is 20.8 Å². The molecule has 0 radical (unpaired) electrons. The smallest absolute Gasteiger partial charge is 0.419 e. The summed E-state index contributed by atoms with van der Waals surface area (Å²) in [5.74, 6) is 0.592. The zero-order chi connectivity index (χ0) is 20.5. The van der Waals surface area contributed by atoms with Crippen LogP contribution in [0.1, 0.15) is 19.4 Å². The molecule has 2 amide bonds. The van der Waals surface area contributed by atoms with Crippen LogP contribution in [0.5, 0.6) is 5.75 Å². The molecule has 148 valence electrons. The topological polar surface area (TPSA) is 67.9 Å². The van der Waals surface area contributed by atoms with Gasteiger partial charge in [0, 0.05) is 24.0 Å². The average molecular weight is 382 g/mol. The van der Waals surface area contributed by atoms with Gasteiger partial charge in [-0.3, -0.25) is 10.2 Å². The van der Waals surface area contributed by atoms with Crippen molar-refractivity contribution in [1.29, 1.82) is 0 Å². The van der Waals surface area contributed by atoms with Crippen LogP contribution in [0.3, 0.4) is 0 Å². The van der Waals surface area contributed by atoms with Gasteiger partial charge in [0.15, 0.2) is 0 Å². The second kappa shape index (κ2) is 10.2. The Hall–Kier alpha value is -3.28. The minimum absolute atomic E-state index is 0.112. The average Bonchev–Trinajstić information content (AvgIpc) is 2.65. The number of nitrogens with one attached hydrogen (secondary N) is 1. The summed E-state index contributed by atoms with van der Waals surface area (Å²) in [5, 5.41) is 2.58. The lowest BCUT2D eigenvalue weighted by Crippen LogP contribution is -2.36. The largest absolute Gasteiger partial charge is 0.445 e. The van der Waals surface area contributed by atoms with E-state index < -0.39 is 12.2 Å². The van der Waals surface area contributed by atoms with Crippen molar-refractivity contribution in [3.05, 3.63) is 66.7 Å². The minimum atomic E-state index is -0.607. The van der Waals surface area contributed by atoms with E-state index in [1.165, 1.54) is 6.08 Å². The normalized spacial score (nSPS) is 10.3. The van der Waals surface area contributed by atoms with Crippen LogP contribution >= 0.6 is 0 Å². The number of aryl methyl sites for hydroxylation is 1. The molecule has 0 bridgehead atoms. The van der Waals surface area contributed by atoms with Crippen molar-refractivity contribution in [2.75, 3.05) is 23.4 Å². The Morgan fingerprint density at radius 3 is 2.54 bits per heavy atom. The summed E-state index contributed by atoms with van der Waals surface area (Å²) < 4.78 is 10.4. The van der Waals surface area contributed by atoms with E-state index in [9.17, 15) is 9.59 Å². The number of carbonyl (C=O) groups is 2. The monoisotopic (exact) mass is 382 g/mol. The molecule has 0 aliphatic rings. The zero-order valence-electron chi connectivity index (χ0n) is 16.5. The third-order valence-electron chi connectivity index (χ3n) is 3.73. The first-order valence-corrected chi connectivity index (χ1v) is 9.09. The van der Waals surface area contributed by atoms with Gasteiger partial charge in [-0.25, -0.2) is 9.59 Å². The van der Waals surface area contributed by atoms with Gasteiger partial charge < -0.3 is 9.47 Å². The summed E-state index contributed by atoms with van der Waals surface area (Å²) in [6.45, 7) is 10.2. The van der Waals surface area contributed by atoms with E-state index in [0.29, 0.717) is 18.0 Å². The lowest BCUT2D eigenvalue weighted by atomic mass is 10.1. The number of amides is 2. The molecule has 2 aromatic carbocycles. The minimum Gasteiger partial charge on any atom is -0.445 e. The Labute approximate surface area is 165 Å². The van der Waals surface area contributed by atoms with Gasteiger partial charge in [0.1, 0.15) is 12.4 Å². The summed E-state index contributed by atoms with van der Waals surface area (Å²) in [4.78, 5) is 26.0. The van der Waals surface area contributed by atoms with Gasteiger partial charge in [-0.15, -0.1) is 0 Å². The predicted octanol–water partition coefficient (Wildman–Crippen LogP) is 5.39. The zero-order valence-corrected chi connectivity index (χ0v) is 16.5. The highest BCUT2D eigenvalue weighted by molar-refractivity contribution is 5.89. The Kier molecular flexibility index (Phi) is 7.63. The molecule has 0 spiro atoms. The molecular weight excluding hydrogens is 356 g/mol. The molecule has 6 nitrogen and oxygen atoms in total. The number of ether oxygens (including phenoxy) is 2. The van der Waals surface area contributed by atoms with Gasteiger partial charge >= 0.3 is 12.2 Å². The molecule has 0 aromatic heterocycles. The first-order valence-electron chi connectivity index (χ1n) is 9.09. The number of rotatable bonds is 7. The van der Waals surface area contributed by atoms with Crippen molar-refractivity contribution in [3.8, 4) is 5.75 Å². The van der Waals surface area contributed by atoms with Crippen molar-refractivity contribution in [2.24, 2.45) is 5.92 Å². The maximum absolute atomic E-state index is 12.8. The van der Waals surface area contributed by atoms with Crippen LogP contribution in [-0.4, -0.2) is 25.3 Å². The third kappa shape index (κ3) is 6.46. The first kappa shape index (κ1) is 21.0. The van der Waals surface area contributed by atoms with Gasteiger partial charge in [0.2, 0.25) is 0 Å². The number of anilines is 2. The van der Waals surface area contributed by atoms with E-state index in [1.54, 1.807) is 29.2 Å². The molecule has 2 rings (SSSR count). The molecular formula is C22H26N2O4. The Morgan fingerprint density at radius 2 is 1.89 bits per heavy atom. The van der Waals surface area contributed by atoms with Crippen molar-refractivity contribution >= 4 is 23.6 Å². The summed E-state index contributed by atoms with van der Waals surface area (Å²) in [5.41, 5.74) is 2.35. The summed E-state index contributed by atoms with van der Waals surface area (Å²) in [6.07, 6.45) is 0.389. The van der Waals surface area contributed by atoms with Crippen LogP contribution in [0, 0.1) is 12.8 Å². The van der Waals surface area contributed by atoms with Gasteiger partial charge in [-0.05, 0) is 37.1 Å². The molecule has 2 aromatic rings. The number of benzene rings is 2. The number of hydrogen-bond donors (Lipinski definition) is 1. The summed E-state index contributed by atoms with van der Waals surface area (Å²) >= 11 is 0. The van der Waals surface area contributed by atoms with E-state index in [-0.39, 0.29) is 12.5 Å². The Balaban J connectivity index is 2.12. The standard InChI is InChI=1S/C22H26N2O4/c1-5-13-27-21(25)23-18-7-6-8-20(14-18)28-22(26)24(15-16(2)3)19-11-9-17(4)10-12-19/h5-12,14,16H,1,13,15H2,2-4H3,(H,23,25). The molecule has 0 aliphatic heterocycles. The van der Waals surface area contributed by atoms with Crippen molar-refractivity contribution in [3.63, 3.8) is 0 Å². The predicted molar refractivity (Wildman–Crippen MR) is 111 cm³/mol. The van der Waals surface area contributed by atoms with Crippen LogP contribution in [0.15, 0.2) is 61.2 Å². The highest BCUT2D eigenvalue weighted by Crippen LogP contribution is 2.22. The van der Waals surface area contributed by atoms with Crippen molar-refractivity contribution in [1.82, 2.24) is 0 Å². The molecule has 0 aliphatic carbocycles. The fraction of sp³-hybridized carbons (Fsp3) is 0.273. The lowest BCUT2D eigenvalue weighted by Gasteiger charge is -2.24. The second-order valence-corrected chi connectivity index (χ2v) is 6.75.